The van der Waals surface area contributed by atoms with E-state index >= 15 is 0 Å². The van der Waals surface area contributed by atoms with Crippen LogP contribution in [0.5, 0.6) is 5.75 Å². The van der Waals surface area contributed by atoms with Gasteiger partial charge in [0.25, 0.3) is 0 Å². The van der Waals surface area contributed by atoms with E-state index in [1.165, 1.54) is 6.07 Å². The predicted molar refractivity (Wildman–Crippen MR) is 55.5 cm³/mol. The van der Waals surface area contributed by atoms with E-state index in [9.17, 15) is 13.2 Å². The number of fused-ring (bicyclic) bond motifs is 2. The molecule has 1 aromatic carbocycles. The molecule has 2 aliphatic heterocycles. The summed E-state index contributed by atoms with van der Waals surface area (Å²) in [5, 5.41) is 0. The van der Waals surface area contributed by atoms with Crippen LogP contribution in [0.1, 0.15) is 24.0 Å². The molecule has 0 N–H and O–H groups in total. The summed E-state index contributed by atoms with van der Waals surface area (Å²) >= 11 is 0. The Hall–Kier alpha value is -1.23. The highest BCUT2D eigenvalue weighted by molar-refractivity contribution is 5.40. The molecule has 2 aliphatic rings. The average molecular weight is 243 g/mol. The molecule has 0 saturated carbocycles. The molecule has 2 heterocycles. The van der Waals surface area contributed by atoms with E-state index in [0.29, 0.717) is 12.3 Å². The van der Waals surface area contributed by atoms with Gasteiger partial charge in [0.05, 0.1) is 5.56 Å². The molecule has 1 aromatic rings. The van der Waals surface area contributed by atoms with Crippen molar-refractivity contribution in [1.82, 2.24) is 4.90 Å². The number of alkyl halides is 3. The Morgan fingerprint density at radius 3 is 2.88 bits per heavy atom. The van der Waals surface area contributed by atoms with Gasteiger partial charge in [0.2, 0.25) is 0 Å². The Morgan fingerprint density at radius 2 is 2.12 bits per heavy atom. The van der Waals surface area contributed by atoms with Gasteiger partial charge in [-0.3, -0.25) is 4.90 Å². The lowest BCUT2D eigenvalue weighted by Gasteiger charge is -2.32. The molecule has 0 amide bonds. The first-order chi connectivity index (χ1) is 8.04. The largest absolute Gasteiger partial charge is 0.475 e. The summed E-state index contributed by atoms with van der Waals surface area (Å²) in [6.07, 6.45) is -2.39. The number of nitrogens with zero attached hydrogens (tertiary/aromatic N) is 1. The van der Waals surface area contributed by atoms with Crippen LogP contribution in [0.3, 0.4) is 0 Å². The standard InChI is InChI=1S/C12H12F3NO/c13-12(14,15)9-4-3-8-7-16-5-1-2-11(16)17-10(8)6-9/h3-4,6,11H,1-2,5,7H2. The van der Waals surface area contributed by atoms with Gasteiger partial charge < -0.3 is 4.74 Å². The Kier molecular flexibility index (Phi) is 2.33. The average Bonchev–Trinajstić information content (AvgIpc) is 2.70. The Balaban J connectivity index is 1.94. The molecular weight excluding hydrogens is 231 g/mol. The zero-order valence-electron chi connectivity index (χ0n) is 9.13. The molecular formula is C12H12F3NO. The summed E-state index contributed by atoms with van der Waals surface area (Å²) in [5.74, 6) is 0.392. The lowest BCUT2D eigenvalue weighted by Crippen LogP contribution is -2.37. The lowest BCUT2D eigenvalue weighted by molar-refractivity contribution is -0.137. The maximum atomic E-state index is 12.6. The Morgan fingerprint density at radius 1 is 1.29 bits per heavy atom. The van der Waals surface area contributed by atoms with E-state index in [2.05, 4.69) is 4.90 Å². The minimum atomic E-state index is -4.30. The third-order valence-electron chi connectivity index (χ3n) is 3.33. The Bertz CT molecular complexity index is 444. The highest BCUT2D eigenvalue weighted by Gasteiger charge is 2.35. The van der Waals surface area contributed by atoms with Gasteiger partial charge in [0.15, 0.2) is 6.23 Å². The zero-order chi connectivity index (χ0) is 12.0. The minimum absolute atomic E-state index is 0.0361. The molecule has 0 radical (unpaired) electrons. The highest BCUT2D eigenvalue weighted by Crippen LogP contribution is 2.37. The van der Waals surface area contributed by atoms with Gasteiger partial charge in [0, 0.05) is 18.7 Å². The van der Waals surface area contributed by atoms with Gasteiger partial charge in [0.1, 0.15) is 5.75 Å². The van der Waals surface area contributed by atoms with Crippen LogP contribution in [0.15, 0.2) is 18.2 Å². The van der Waals surface area contributed by atoms with E-state index in [-0.39, 0.29) is 6.23 Å². The smallest absolute Gasteiger partial charge is 0.416 e. The van der Waals surface area contributed by atoms with E-state index in [4.69, 9.17) is 4.74 Å². The van der Waals surface area contributed by atoms with Crippen molar-refractivity contribution in [3.05, 3.63) is 29.3 Å². The van der Waals surface area contributed by atoms with Gasteiger partial charge >= 0.3 is 6.18 Å². The summed E-state index contributed by atoms with van der Waals surface area (Å²) in [4.78, 5) is 2.16. The van der Waals surface area contributed by atoms with Gasteiger partial charge in [-0.25, -0.2) is 0 Å². The molecule has 17 heavy (non-hydrogen) atoms. The van der Waals surface area contributed by atoms with Gasteiger partial charge in [-0.2, -0.15) is 13.2 Å². The molecule has 1 fully saturated rings. The maximum absolute atomic E-state index is 12.6. The number of rotatable bonds is 0. The predicted octanol–water partition coefficient (Wildman–Crippen LogP) is 3.02. The van der Waals surface area contributed by atoms with Crippen LogP contribution in [-0.4, -0.2) is 17.7 Å². The number of hydrogen-bond acceptors (Lipinski definition) is 2. The first kappa shape index (κ1) is 10.9. The van der Waals surface area contributed by atoms with Crippen molar-refractivity contribution in [1.29, 1.82) is 0 Å². The van der Waals surface area contributed by atoms with Crippen LogP contribution < -0.4 is 4.74 Å². The van der Waals surface area contributed by atoms with Crippen LogP contribution >= 0.6 is 0 Å². The second-order valence-corrected chi connectivity index (χ2v) is 4.51. The molecule has 92 valence electrons. The van der Waals surface area contributed by atoms with Crippen molar-refractivity contribution in [3.63, 3.8) is 0 Å². The number of benzene rings is 1. The molecule has 0 aromatic heterocycles. The second-order valence-electron chi connectivity index (χ2n) is 4.51. The summed E-state index contributed by atoms with van der Waals surface area (Å²) in [7, 11) is 0. The normalized spacial score (nSPS) is 24.1. The summed E-state index contributed by atoms with van der Waals surface area (Å²) in [6, 6.07) is 3.76. The SMILES string of the molecule is FC(F)(F)c1ccc2c(c1)OC1CCCN1C2. The summed E-state index contributed by atoms with van der Waals surface area (Å²) < 4.78 is 43.3. The van der Waals surface area contributed by atoms with Crippen molar-refractivity contribution in [3.8, 4) is 5.75 Å². The van der Waals surface area contributed by atoms with Gasteiger partial charge in [-0.15, -0.1) is 0 Å². The molecule has 2 nitrogen and oxygen atoms in total. The lowest BCUT2D eigenvalue weighted by atomic mass is 10.1. The van der Waals surface area contributed by atoms with E-state index in [1.807, 2.05) is 0 Å². The van der Waals surface area contributed by atoms with Crippen LogP contribution in [0.2, 0.25) is 0 Å². The molecule has 0 aliphatic carbocycles. The molecule has 3 rings (SSSR count). The Labute approximate surface area is 97.0 Å². The van der Waals surface area contributed by atoms with Crippen LogP contribution in [-0.2, 0) is 12.7 Å². The van der Waals surface area contributed by atoms with Crippen LogP contribution in [0.4, 0.5) is 13.2 Å². The first-order valence-electron chi connectivity index (χ1n) is 5.65. The first-order valence-corrected chi connectivity index (χ1v) is 5.65. The number of halogens is 3. The fourth-order valence-electron chi connectivity index (χ4n) is 2.45. The molecule has 0 spiro atoms. The second kappa shape index (κ2) is 3.63. The maximum Gasteiger partial charge on any atom is 0.416 e. The van der Waals surface area contributed by atoms with E-state index in [0.717, 1.165) is 37.1 Å². The molecule has 1 atom stereocenters. The molecule has 1 unspecified atom stereocenters. The van der Waals surface area contributed by atoms with Gasteiger partial charge in [-0.1, -0.05) is 6.07 Å². The van der Waals surface area contributed by atoms with E-state index in [1.54, 1.807) is 0 Å². The number of hydrogen-bond donors (Lipinski definition) is 0. The quantitative estimate of drug-likeness (QED) is 0.694. The third-order valence-corrected chi connectivity index (χ3v) is 3.33. The van der Waals surface area contributed by atoms with Crippen molar-refractivity contribution < 1.29 is 17.9 Å². The van der Waals surface area contributed by atoms with Crippen LogP contribution in [0, 0.1) is 0 Å². The third kappa shape index (κ3) is 1.88. The summed E-state index contributed by atoms with van der Waals surface area (Å²) in [5.41, 5.74) is 0.207. The van der Waals surface area contributed by atoms with Crippen molar-refractivity contribution in [2.45, 2.75) is 31.8 Å². The fraction of sp³-hybridized carbons (Fsp3) is 0.500. The zero-order valence-corrected chi connectivity index (χ0v) is 9.13. The topological polar surface area (TPSA) is 12.5 Å². The van der Waals surface area contributed by atoms with Crippen molar-refractivity contribution >= 4 is 0 Å². The van der Waals surface area contributed by atoms with Crippen molar-refractivity contribution in [2.24, 2.45) is 0 Å². The summed E-state index contributed by atoms with van der Waals surface area (Å²) in [6.45, 7) is 1.66. The minimum Gasteiger partial charge on any atom is -0.475 e. The monoisotopic (exact) mass is 243 g/mol. The number of ether oxygens (including phenoxy) is 1. The molecule has 0 bridgehead atoms. The van der Waals surface area contributed by atoms with Crippen molar-refractivity contribution in [2.75, 3.05) is 6.54 Å². The highest BCUT2D eigenvalue weighted by atomic mass is 19.4. The van der Waals surface area contributed by atoms with Gasteiger partial charge in [-0.05, 0) is 25.0 Å². The van der Waals surface area contributed by atoms with E-state index < -0.39 is 11.7 Å². The molecule has 1 saturated heterocycles. The fourth-order valence-corrected chi connectivity index (χ4v) is 2.45. The molecule has 5 heteroatoms. The van der Waals surface area contributed by atoms with Crippen LogP contribution in [0.25, 0.3) is 0 Å².